The number of nitrogens with zero attached hydrogens (tertiary/aromatic N) is 1. The second-order valence-electron chi connectivity index (χ2n) is 9.53. The van der Waals surface area contributed by atoms with Crippen LogP contribution in [0.3, 0.4) is 0 Å². The smallest absolute Gasteiger partial charge is 0.407 e. The summed E-state index contributed by atoms with van der Waals surface area (Å²) in [5, 5.41) is 2.64. The van der Waals surface area contributed by atoms with Gasteiger partial charge >= 0.3 is 6.09 Å². The number of nitrogens with one attached hydrogen (secondary N) is 1. The summed E-state index contributed by atoms with van der Waals surface area (Å²) in [5.41, 5.74) is 4.65. The lowest BCUT2D eigenvalue weighted by Crippen LogP contribution is -2.50. The molecule has 0 saturated heterocycles. The van der Waals surface area contributed by atoms with Crippen LogP contribution in [0.15, 0.2) is 66.7 Å². The molecule has 3 aromatic rings. The lowest BCUT2D eigenvalue weighted by molar-refractivity contribution is -0.157. The largest absolute Gasteiger partial charge is 0.449 e. The number of amides is 2. The van der Waals surface area contributed by atoms with E-state index in [4.69, 9.17) is 14.2 Å². The maximum Gasteiger partial charge on any atom is 0.407 e. The first-order valence-electron chi connectivity index (χ1n) is 13.4. The summed E-state index contributed by atoms with van der Waals surface area (Å²) in [6.45, 7) is 4.60. The minimum Gasteiger partial charge on any atom is -0.449 e. The van der Waals surface area contributed by atoms with Crippen molar-refractivity contribution in [2.24, 2.45) is 0 Å². The third kappa shape index (κ3) is 6.84. The van der Waals surface area contributed by atoms with Crippen molar-refractivity contribution in [3.63, 3.8) is 0 Å². The van der Waals surface area contributed by atoms with E-state index in [1.807, 2.05) is 62.4 Å². The number of halogens is 2. The summed E-state index contributed by atoms with van der Waals surface area (Å²) in [4.78, 5) is 27.8. The predicted octanol–water partition coefficient (Wildman–Crippen LogP) is 5.27. The molecule has 1 N–H and O–H groups in total. The first kappa shape index (κ1) is 29.2. The van der Waals surface area contributed by atoms with Crippen LogP contribution in [0.1, 0.15) is 36.5 Å². The maximum absolute atomic E-state index is 13.9. The van der Waals surface area contributed by atoms with Gasteiger partial charge in [0.2, 0.25) is 5.91 Å². The molecule has 1 aliphatic rings. The highest BCUT2D eigenvalue weighted by molar-refractivity contribution is 5.86. The van der Waals surface area contributed by atoms with Gasteiger partial charge in [0.25, 0.3) is 0 Å². The van der Waals surface area contributed by atoms with Crippen LogP contribution in [0.25, 0.3) is 11.1 Å². The van der Waals surface area contributed by atoms with Crippen molar-refractivity contribution in [1.29, 1.82) is 0 Å². The van der Waals surface area contributed by atoms with Crippen LogP contribution in [-0.2, 0) is 25.4 Å². The highest BCUT2D eigenvalue weighted by Gasteiger charge is 2.31. The maximum atomic E-state index is 13.9. The van der Waals surface area contributed by atoms with Crippen molar-refractivity contribution in [2.75, 3.05) is 33.4 Å². The van der Waals surface area contributed by atoms with Crippen LogP contribution in [0.4, 0.5) is 13.6 Å². The second-order valence-corrected chi connectivity index (χ2v) is 9.53. The van der Waals surface area contributed by atoms with Gasteiger partial charge in [0.15, 0.2) is 17.9 Å². The normalized spacial score (nSPS) is 13.1. The van der Waals surface area contributed by atoms with Gasteiger partial charge in [-0.1, -0.05) is 54.6 Å². The fraction of sp³-hybridized carbons (Fsp3) is 0.355. The molecular weight excluding hydrogens is 518 g/mol. The topological polar surface area (TPSA) is 77.1 Å². The Hall–Kier alpha value is -3.82. The molecule has 40 heavy (non-hydrogen) atoms. The Morgan fingerprint density at radius 3 is 2.08 bits per heavy atom. The predicted molar refractivity (Wildman–Crippen MR) is 147 cm³/mol. The minimum atomic E-state index is -1.10. The van der Waals surface area contributed by atoms with E-state index in [9.17, 15) is 18.4 Å². The standard InChI is InChI=1S/C31H34F2N2O5/c1-4-38-29(39-5-2)18-35(3)30(36)28(17-20-14-15-26(32)27(33)16-20)34-31(37)40-19-25-23-12-8-6-10-21(23)22-11-7-9-13-24(22)25/h6-16,25,28-29H,4-5,17-19H2,1-3H3,(H,34,37). The van der Waals surface area contributed by atoms with Gasteiger partial charge in [-0.2, -0.15) is 0 Å². The molecule has 212 valence electrons. The highest BCUT2D eigenvalue weighted by atomic mass is 19.2. The molecule has 0 fully saturated rings. The van der Waals surface area contributed by atoms with Gasteiger partial charge in [-0.25, -0.2) is 13.6 Å². The zero-order valence-electron chi connectivity index (χ0n) is 22.9. The number of ether oxygens (including phenoxy) is 3. The van der Waals surface area contributed by atoms with Crippen molar-refractivity contribution in [3.05, 3.63) is 95.1 Å². The van der Waals surface area contributed by atoms with E-state index in [-0.39, 0.29) is 25.5 Å². The summed E-state index contributed by atoms with van der Waals surface area (Å²) in [6.07, 6.45) is -1.51. The number of rotatable bonds is 12. The first-order chi connectivity index (χ1) is 19.3. The van der Waals surface area contributed by atoms with Crippen molar-refractivity contribution >= 4 is 12.0 Å². The Kier molecular flexibility index (Phi) is 9.84. The third-order valence-corrected chi connectivity index (χ3v) is 6.86. The van der Waals surface area contributed by atoms with Gasteiger partial charge in [0.05, 0.1) is 6.54 Å². The summed E-state index contributed by atoms with van der Waals surface area (Å²) < 4.78 is 44.2. The minimum absolute atomic E-state index is 0.0680. The fourth-order valence-electron chi connectivity index (χ4n) is 4.99. The zero-order valence-corrected chi connectivity index (χ0v) is 22.9. The summed E-state index contributed by atoms with van der Waals surface area (Å²) in [7, 11) is 1.56. The molecule has 0 aromatic heterocycles. The quantitative estimate of drug-likeness (QED) is 0.310. The molecule has 0 bridgehead atoms. The number of fused-ring (bicyclic) bond motifs is 3. The van der Waals surface area contributed by atoms with E-state index < -0.39 is 36.0 Å². The second kappa shape index (κ2) is 13.5. The van der Waals surface area contributed by atoms with Crippen molar-refractivity contribution in [1.82, 2.24) is 10.2 Å². The Morgan fingerprint density at radius 1 is 0.900 bits per heavy atom. The number of alkyl carbamates (subject to hydrolysis) is 1. The molecule has 0 aliphatic heterocycles. The van der Waals surface area contributed by atoms with Crippen LogP contribution in [0.2, 0.25) is 0 Å². The van der Waals surface area contributed by atoms with Crippen LogP contribution in [0.5, 0.6) is 0 Å². The monoisotopic (exact) mass is 552 g/mol. The number of carbonyl (C=O) groups is 2. The number of carbonyl (C=O) groups excluding carboxylic acids is 2. The first-order valence-corrected chi connectivity index (χ1v) is 13.4. The lowest BCUT2D eigenvalue weighted by Gasteiger charge is -2.28. The SMILES string of the molecule is CCOC(CN(C)C(=O)C(Cc1ccc(F)c(F)c1)NC(=O)OCC1c2ccccc2-c2ccccc21)OCC. The third-order valence-electron chi connectivity index (χ3n) is 6.86. The molecule has 1 unspecified atom stereocenters. The Bertz CT molecular complexity index is 1280. The summed E-state index contributed by atoms with van der Waals surface area (Å²) in [6, 6.07) is 18.2. The molecule has 7 nitrogen and oxygen atoms in total. The van der Waals surface area contributed by atoms with Gasteiger partial charge in [-0.05, 0) is 53.8 Å². The van der Waals surface area contributed by atoms with Crippen LogP contribution >= 0.6 is 0 Å². The highest BCUT2D eigenvalue weighted by Crippen LogP contribution is 2.44. The summed E-state index contributed by atoms with van der Waals surface area (Å²) in [5.74, 6) is -2.64. The van der Waals surface area contributed by atoms with Crippen molar-refractivity contribution in [2.45, 2.75) is 38.5 Å². The van der Waals surface area contributed by atoms with Crippen LogP contribution < -0.4 is 5.32 Å². The van der Waals surface area contributed by atoms with Crippen molar-refractivity contribution < 1.29 is 32.6 Å². The van der Waals surface area contributed by atoms with Gasteiger partial charge in [-0.3, -0.25) is 4.79 Å². The number of likely N-dealkylation sites (N-methyl/N-ethyl adjacent to an activating group) is 1. The molecule has 0 saturated carbocycles. The van der Waals surface area contributed by atoms with Gasteiger partial charge in [0.1, 0.15) is 12.6 Å². The molecule has 1 atom stereocenters. The molecule has 4 rings (SSSR count). The fourth-order valence-corrected chi connectivity index (χ4v) is 4.99. The Labute approximate surface area is 233 Å². The molecule has 3 aromatic carbocycles. The summed E-state index contributed by atoms with van der Waals surface area (Å²) >= 11 is 0. The number of hydrogen-bond donors (Lipinski definition) is 1. The van der Waals surface area contributed by atoms with E-state index in [2.05, 4.69) is 5.32 Å². The average molecular weight is 553 g/mol. The molecule has 0 radical (unpaired) electrons. The van der Waals surface area contributed by atoms with Gasteiger partial charge in [-0.15, -0.1) is 0 Å². The van der Waals surface area contributed by atoms with Crippen LogP contribution in [0, 0.1) is 11.6 Å². The molecule has 2 amide bonds. The molecule has 0 spiro atoms. The van der Waals surface area contributed by atoms with Gasteiger partial charge < -0.3 is 24.4 Å². The van der Waals surface area contributed by atoms with E-state index in [0.29, 0.717) is 18.8 Å². The number of hydrogen-bond acceptors (Lipinski definition) is 5. The van der Waals surface area contributed by atoms with Crippen molar-refractivity contribution in [3.8, 4) is 11.1 Å². The zero-order chi connectivity index (χ0) is 28.6. The number of benzene rings is 3. The van der Waals surface area contributed by atoms with E-state index >= 15 is 0 Å². The molecular formula is C31H34F2N2O5. The molecule has 9 heteroatoms. The molecule has 1 aliphatic carbocycles. The van der Waals surface area contributed by atoms with E-state index in [1.54, 1.807) is 7.05 Å². The lowest BCUT2D eigenvalue weighted by atomic mass is 9.98. The average Bonchev–Trinajstić information content (AvgIpc) is 3.27. The van der Waals surface area contributed by atoms with E-state index in [0.717, 1.165) is 34.4 Å². The Balaban J connectivity index is 1.48. The van der Waals surface area contributed by atoms with Crippen LogP contribution in [-0.4, -0.2) is 62.6 Å². The molecule has 0 heterocycles. The Morgan fingerprint density at radius 2 is 1.50 bits per heavy atom. The van der Waals surface area contributed by atoms with E-state index in [1.165, 1.54) is 11.0 Å². The van der Waals surface area contributed by atoms with Gasteiger partial charge in [0, 0.05) is 32.6 Å².